The van der Waals surface area contributed by atoms with Crippen molar-refractivity contribution in [3.63, 3.8) is 0 Å². The third-order valence-electron chi connectivity index (χ3n) is 1.53. The molecule has 0 heterocycles. The fourth-order valence-electron chi connectivity index (χ4n) is 0.760. The zero-order valence-electron chi connectivity index (χ0n) is 7.71. The molecule has 0 unspecified atom stereocenters. The standard InChI is InChI=1S/C8H13ClO4/c1-12-7(5-9)3-6(10)4-8(11)13-2/h7H,3-5H2,1-2H3/t7-/m0/s1. The first-order valence-electron chi connectivity index (χ1n) is 3.81. The van der Waals surface area contributed by atoms with Crippen LogP contribution in [-0.4, -0.2) is 38.0 Å². The monoisotopic (exact) mass is 208 g/mol. The van der Waals surface area contributed by atoms with Gasteiger partial charge in [-0.15, -0.1) is 11.6 Å². The molecule has 4 nitrogen and oxygen atoms in total. The number of methoxy groups -OCH3 is 2. The van der Waals surface area contributed by atoms with E-state index in [1.54, 1.807) is 0 Å². The first-order valence-corrected chi connectivity index (χ1v) is 4.34. The smallest absolute Gasteiger partial charge is 0.313 e. The molecule has 0 bridgehead atoms. The highest BCUT2D eigenvalue weighted by atomic mass is 35.5. The summed E-state index contributed by atoms with van der Waals surface area (Å²) in [5, 5.41) is 0. The van der Waals surface area contributed by atoms with Crippen LogP contribution >= 0.6 is 11.6 Å². The number of esters is 1. The average molecular weight is 209 g/mol. The first-order chi connectivity index (χ1) is 6.13. The SMILES string of the molecule is COC(=O)CC(=O)C[C@@H](CCl)OC. The van der Waals surface area contributed by atoms with Gasteiger partial charge < -0.3 is 9.47 Å². The van der Waals surface area contributed by atoms with E-state index in [4.69, 9.17) is 16.3 Å². The van der Waals surface area contributed by atoms with Crippen LogP contribution in [0.4, 0.5) is 0 Å². The molecule has 0 aliphatic heterocycles. The molecule has 0 amide bonds. The normalized spacial score (nSPS) is 12.2. The number of carbonyl (C=O) groups is 2. The third kappa shape index (κ3) is 5.60. The third-order valence-corrected chi connectivity index (χ3v) is 1.87. The van der Waals surface area contributed by atoms with Crippen molar-refractivity contribution in [2.24, 2.45) is 0 Å². The summed E-state index contributed by atoms with van der Waals surface area (Å²) in [6.45, 7) is 0. The minimum Gasteiger partial charge on any atom is -0.469 e. The summed E-state index contributed by atoms with van der Waals surface area (Å²) < 4.78 is 9.22. The number of ether oxygens (including phenoxy) is 2. The Hall–Kier alpha value is -0.610. The van der Waals surface area contributed by atoms with Crippen LogP contribution in [0, 0.1) is 0 Å². The van der Waals surface area contributed by atoms with Gasteiger partial charge in [-0.25, -0.2) is 0 Å². The van der Waals surface area contributed by atoms with Crippen molar-refractivity contribution in [2.45, 2.75) is 18.9 Å². The van der Waals surface area contributed by atoms with E-state index < -0.39 is 5.97 Å². The van der Waals surface area contributed by atoms with E-state index in [2.05, 4.69) is 4.74 Å². The van der Waals surface area contributed by atoms with Gasteiger partial charge in [0.2, 0.25) is 0 Å². The second kappa shape index (κ2) is 6.86. The Morgan fingerprint density at radius 2 is 2.00 bits per heavy atom. The summed E-state index contributed by atoms with van der Waals surface area (Å²) in [4.78, 5) is 21.8. The number of Topliss-reactive ketones (excluding diaryl/α,β-unsaturated/α-hetero) is 1. The number of alkyl halides is 1. The van der Waals surface area contributed by atoms with Crippen LogP contribution in [0.15, 0.2) is 0 Å². The molecule has 5 heteroatoms. The molecule has 0 aromatic carbocycles. The van der Waals surface area contributed by atoms with Gasteiger partial charge in [0.05, 0.1) is 13.2 Å². The molecule has 0 radical (unpaired) electrons. The highest BCUT2D eigenvalue weighted by molar-refractivity contribution is 6.18. The predicted octanol–water partition coefficient (Wildman–Crippen LogP) is 0.762. The first kappa shape index (κ1) is 12.4. The average Bonchev–Trinajstić information content (AvgIpc) is 2.13. The van der Waals surface area contributed by atoms with Crippen LogP contribution in [0.3, 0.4) is 0 Å². The largest absolute Gasteiger partial charge is 0.469 e. The summed E-state index contributed by atoms with van der Waals surface area (Å²) in [7, 11) is 2.71. The Kier molecular flexibility index (Phi) is 6.54. The zero-order chi connectivity index (χ0) is 10.3. The molecule has 0 fully saturated rings. The van der Waals surface area contributed by atoms with E-state index in [1.165, 1.54) is 14.2 Å². The molecule has 0 saturated heterocycles. The molecule has 1 atom stereocenters. The van der Waals surface area contributed by atoms with Gasteiger partial charge in [0.15, 0.2) is 0 Å². The Labute approximate surface area is 82.1 Å². The molecular formula is C8H13ClO4. The molecule has 0 aliphatic rings. The van der Waals surface area contributed by atoms with Gasteiger partial charge >= 0.3 is 5.97 Å². The summed E-state index contributed by atoms with van der Waals surface area (Å²) in [6, 6.07) is 0. The number of hydrogen-bond donors (Lipinski definition) is 0. The second-order valence-corrected chi connectivity index (χ2v) is 2.82. The van der Waals surface area contributed by atoms with E-state index in [0.29, 0.717) is 0 Å². The van der Waals surface area contributed by atoms with E-state index in [-0.39, 0.29) is 30.6 Å². The lowest BCUT2D eigenvalue weighted by Crippen LogP contribution is -2.20. The van der Waals surface area contributed by atoms with E-state index >= 15 is 0 Å². The van der Waals surface area contributed by atoms with Crippen molar-refractivity contribution in [2.75, 3.05) is 20.1 Å². The van der Waals surface area contributed by atoms with Crippen LogP contribution in [0.5, 0.6) is 0 Å². The van der Waals surface area contributed by atoms with Gasteiger partial charge in [-0.05, 0) is 0 Å². The van der Waals surface area contributed by atoms with Crippen molar-refractivity contribution in [1.82, 2.24) is 0 Å². The molecule has 0 saturated carbocycles. The molecule has 13 heavy (non-hydrogen) atoms. The van der Waals surface area contributed by atoms with Gasteiger partial charge in [0.1, 0.15) is 12.2 Å². The van der Waals surface area contributed by atoms with Crippen molar-refractivity contribution in [1.29, 1.82) is 0 Å². The lowest BCUT2D eigenvalue weighted by Gasteiger charge is -2.09. The van der Waals surface area contributed by atoms with Gasteiger partial charge in [0, 0.05) is 19.4 Å². The van der Waals surface area contributed by atoms with Crippen molar-refractivity contribution >= 4 is 23.4 Å². The molecule has 0 aromatic heterocycles. The second-order valence-electron chi connectivity index (χ2n) is 2.51. The van der Waals surface area contributed by atoms with Crippen molar-refractivity contribution in [3.05, 3.63) is 0 Å². The van der Waals surface area contributed by atoms with Crippen molar-refractivity contribution in [3.8, 4) is 0 Å². The fraction of sp³-hybridized carbons (Fsp3) is 0.750. The Morgan fingerprint density at radius 1 is 1.38 bits per heavy atom. The lowest BCUT2D eigenvalue weighted by atomic mass is 10.1. The fourth-order valence-corrected chi connectivity index (χ4v) is 0.995. The molecule has 76 valence electrons. The van der Waals surface area contributed by atoms with Gasteiger partial charge in [-0.2, -0.15) is 0 Å². The zero-order valence-corrected chi connectivity index (χ0v) is 8.47. The molecule has 0 N–H and O–H groups in total. The minimum absolute atomic E-state index is 0.148. The highest BCUT2D eigenvalue weighted by Gasteiger charge is 2.15. The van der Waals surface area contributed by atoms with Crippen LogP contribution in [-0.2, 0) is 19.1 Å². The molecule has 0 aromatic rings. The summed E-state index contributed by atoms with van der Waals surface area (Å²) in [5.74, 6) is -0.516. The number of carbonyl (C=O) groups excluding carboxylic acids is 2. The van der Waals surface area contributed by atoms with Crippen LogP contribution in [0.25, 0.3) is 0 Å². The van der Waals surface area contributed by atoms with E-state index in [9.17, 15) is 9.59 Å². The van der Waals surface area contributed by atoms with Gasteiger partial charge in [-0.3, -0.25) is 9.59 Å². The van der Waals surface area contributed by atoms with Crippen molar-refractivity contribution < 1.29 is 19.1 Å². The Balaban J connectivity index is 3.79. The number of rotatable bonds is 6. The Morgan fingerprint density at radius 3 is 2.38 bits per heavy atom. The van der Waals surface area contributed by atoms with E-state index in [1.807, 2.05) is 0 Å². The van der Waals surface area contributed by atoms with Crippen LogP contribution < -0.4 is 0 Å². The maximum Gasteiger partial charge on any atom is 0.313 e. The maximum absolute atomic E-state index is 11.1. The van der Waals surface area contributed by atoms with Gasteiger partial charge in [0.25, 0.3) is 0 Å². The van der Waals surface area contributed by atoms with Crippen LogP contribution in [0.1, 0.15) is 12.8 Å². The number of ketones is 1. The topological polar surface area (TPSA) is 52.6 Å². The van der Waals surface area contributed by atoms with Gasteiger partial charge in [-0.1, -0.05) is 0 Å². The molecule has 0 spiro atoms. The van der Waals surface area contributed by atoms with Crippen LogP contribution in [0.2, 0.25) is 0 Å². The quantitative estimate of drug-likeness (QED) is 0.368. The lowest BCUT2D eigenvalue weighted by molar-refractivity contribution is -0.143. The number of hydrogen-bond acceptors (Lipinski definition) is 4. The molecule has 0 rings (SSSR count). The summed E-state index contributed by atoms with van der Waals surface area (Å²) >= 11 is 5.49. The highest BCUT2D eigenvalue weighted by Crippen LogP contribution is 2.03. The Bertz CT molecular complexity index is 177. The maximum atomic E-state index is 11.1. The van der Waals surface area contributed by atoms with E-state index in [0.717, 1.165) is 0 Å². The summed E-state index contributed by atoms with van der Waals surface area (Å²) in [6.07, 6.45) is -0.388. The molecule has 0 aliphatic carbocycles. The summed E-state index contributed by atoms with van der Waals surface area (Å²) in [5.41, 5.74) is 0. The predicted molar refractivity (Wildman–Crippen MR) is 47.8 cm³/mol. The number of halogens is 1. The molecular weight excluding hydrogens is 196 g/mol. The minimum atomic E-state index is -0.533.